The molecule has 0 unspecified atom stereocenters. The Bertz CT molecular complexity index is 1170. The zero-order chi connectivity index (χ0) is 19.7. The topological polar surface area (TPSA) is 93.2 Å². The second-order valence-electron chi connectivity index (χ2n) is 6.47. The molecule has 0 radical (unpaired) electrons. The third-order valence-corrected chi connectivity index (χ3v) is 6.59. The molecular formula is C20H16N2O4S2. The number of fused-ring (bicyclic) bond motifs is 1. The maximum absolute atomic E-state index is 12.7. The molecule has 1 N–H and O–H groups in total. The number of rotatable bonds is 4. The van der Waals surface area contributed by atoms with E-state index in [0.29, 0.717) is 17.7 Å². The Morgan fingerprint density at radius 3 is 2.64 bits per heavy atom. The summed E-state index contributed by atoms with van der Waals surface area (Å²) in [6.07, 6.45) is 1.92. The van der Waals surface area contributed by atoms with Crippen LogP contribution in [-0.4, -0.2) is 24.5 Å². The standard InChI is InChI=1S/C20H16N2O4S2/c23-18-8-4-7-13-9-10-15(11-16(13)18)28(25,26)22-20(24)17-12-27-21-19(17)14-5-2-1-3-6-14/h1-3,5-6,9-12H,4,7-8H2,(H,22,24). The highest BCUT2D eigenvalue weighted by Gasteiger charge is 2.25. The van der Waals surface area contributed by atoms with Gasteiger partial charge in [0.1, 0.15) is 0 Å². The lowest BCUT2D eigenvalue weighted by molar-refractivity contribution is 0.0968. The van der Waals surface area contributed by atoms with Crippen molar-refractivity contribution in [3.63, 3.8) is 0 Å². The number of aryl methyl sites for hydroxylation is 1. The second kappa shape index (κ2) is 7.29. The second-order valence-corrected chi connectivity index (χ2v) is 8.78. The summed E-state index contributed by atoms with van der Waals surface area (Å²) in [4.78, 5) is 24.6. The fourth-order valence-electron chi connectivity index (χ4n) is 3.21. The minimum Gasteiger partial charge on any atom is -0.294 e. The summed E-state index contributed by atoms with van der Waals surface area (Å²) in [6.45, 7) is 0. The molecule has 0 saturated heterocycles. The van der Waals surface area contributed by atoms with Crippen LogP contribution in [0.15, 0.2) is 58.8 Å². The van der Waals surface area contributed by atoms with Gasteiger partial charge in [-0.25, -0.2) is 13.1 Å². The number of nitrogens with one attached hydrogen (secondary N) is 1. The highest BCUT2D eigenvalue weighted by molar-refractivity contribution is 7.90. The summed E-state index contributed by atoms with van der Waals surface area (Å²) < 4.78 is 31.8. The number of hydrogen-bond acceptors (Lipinski definition) is 6. The van der Waals surface area contributed by atoms with Crippen molar-refractivity contribution in [2.45, 2.75) is 24.2 Å². The van der Waals surface area contributed by atoms with Crippen LogP contribution in [0.2, 0.25) is 0 Å². The van der Waals surface area contributed by atoms with Crippen LogP contribution >= 0.6 is 11.5 Å². The van der Waals surface area contributed by atoms with Gasteiger partial charge in [-0.3, -0.25) is 9.59 Å². The Hall–Kier alpha value is -2.84. The van der Waals surface area contributed by atoms with Crippen molar-refractivity contribution >= 4 is 33.2 Å². The molecule has 142 valence electrons. The smallest absolute Gasteiger partial charge is 0.268 e. The molecule has 8 heteroatoms. The largest absolute Gasteiger partial charge is 0.294 e. The molecular weight excluding hydrogens is 396 g/mol. The molecule has 0 fully saturated rings. The van der Waals surface area contributed by atoms with E-state index in [1.807, 2.05) is 18.2 Å². The highest BCUT2D eigenvalue weighted by Crippen LogP contribution is 2.26. The number of benzene rings is 2. The van der Waals surface area contributed by atoms with Crippen LogP contribution in [0.1, 0.15) is 39.1 Å². The summed E-state index contributed by atoms with van der Waals surface area (Å²) in [5.41, 5.74) is 2.61. The molecule has 0 spiro atoms. The Morgan fingerprint density at radius 2 is 1.86 bits per heavy atom. The van der Waals surface area contributed by atoms with Crippen molar-refractivity contribution in [2.24, 2.45) is 0 Å². The third kappa shape index (κ3) is 3.48. The van der Waals surface area contributed by atoms with Crippen LogP contribution in [0.5, 0.6) is 0 Å². The van der Waals surface area contributed by atoms with E-state index in [1.165, 1.54) is 17.5 Å². The van der Waals surface area contributed by atoms with E-state index in [-0.39, 0.29) is 16.2 Å². The Morgan fingerprint density at radius 1 is 1.07 bits per heavy atom. The van der Waals surface area contributed by atoms with Gasteiger partial charge in [0.2, 0.25) is 0 Å². The number of hydrogen-bond donors (Lipinski definition) is 1. The lowest BCUT2D eigenvalue weighted by atomic mass is 9.91. The molecule has 1 heterocycles. The number of carbonyl (C=O) groups is 2. The molecule has 0 saturated carbocycles. The van der Waals surface area contributed by atoms with Crippen LogP contribution in [-0.2, 0) is 16.4 Å². The van der Waals surface area contributed by atoms with Crippen molar-refractivity contribution in [3.05, 3.63) is 70.6 Å². The van der Waals surface area contributed by atoms with Crippen molar-refractivity contribution in [1.82, 2.24) is 9.10 Å². The van der Waals surface area contributed by atoms with Gasteiger partial charge in [-0.1, -0.05) is 36.4 Å². The quantitative estimate of drug-likeness (QED) is 0.708. The van der Waals surface area contributed by atoms with Crippen molar-refractivity contribution in [2.75, 3.05) is 0 Å². The van der Waals surface area contributed by atoms with Gasteiger partial charge in [0.25, 0.3) is 15.9 Å². The predicted octanol–water partition coefficient (Wildman–Crippen LogP) is 3.45. The SMILES string of the molecule is O=C1CCCc2ccc(S(=O)(=O)NC(=O)c3csnc3-c3ccccc3)cc21. The Labute approximate surface area is 166 Å². The monoisotopic (exact) mass is 412 g/mol. The molecule has 1 amide bonds. The first kappa shape index (κ1) is 18.5. The summed E-state index contributed by atoms with van der Waals surface area (Å²) in [5.74, 6) is -0.824. The van der Waals surface area contributed by atoms with Crippen molar-refractivity contribution in [1.29, 1.82) is 0 Å². The summed E-state index contributed by atoms with van der Waals surface area (Å²) in [5, 5.41) is 1.52. The van der Waals surface area contributed by atoms with Gasteiger partial charge in [0.15, 0.2) is 5.78 Å². The molecule has 1 aliphatic rings. The number of ketones is 1. The Kier molecular flexibility index (Phi) is 4.82. The molecule has 3 aromatic rings. The average Bonchev–Trinajstić information content (AvgIpc) is 3.18. The number of carbonyl (C=O) groups excluding carboxylic acids is 2. The first-order valence-electron chi connectivity index (χ1n) is 8.69. The van der Waals surface area contributed by atoms with E-state index in [2.05, 4.69) is 9.10 Å². The normalized spacial score (nSPS) is 13.8. The van der Waals surface area contributed by atoms with Crippen LogP contribution in [0.4, 0.5) is 0 Å². The first-order valence-corrected chi connectivity index (χ1v) is 11.0. The van der Waals surface area contributed by atoms with E-state index >= 15 is 0 Å². The molecule has 1 aromatic heterocycles. The first-order chi connectivity index (χ1) is 13.5. The van der Waals surface area contributed by atoms with E-state index in [4.69, 9.17) is 0 Å². The summed E-state index contributed by atoms with van der Waals surface area (Å²) >= 11 is 1.08. The van der Waals surface area contributed by atoms with Crippen LogP contribution in [0.25, 0.3) is 11.3 Å². The van der Waals surface area contributed by atoms with Gasteiger partial charge in [-0.15, -0.1) is 0 Å². The molecule has 0 aliphatic heterocycles. The van der Waals surface area contributed by atoms with E-state index < -0.39 is 15.9 Å². The minimum atomic E-state index is -4.12. The van der Waals surface area contributed by atoms with Crippen LogP contribution in [0.3, 0.4) is 0 Å². The average molecular weight is 412 g/mol. The maximum atomic E-state index is 12.7. The molecule has 6 nitrogen and oxygen atoms in total. The number of amides is 1. The number of sulfonamides is 1. The van der Waals surface area contributed by atoms with Crippen LogP contribution < -0.4 is 4.72 Å². The van der Waals surface area contributed by atoms with E-state index in [1.54, 1.807) is 18.2 Å². The summed E-state index contributed by atoms with van der Waals surface area (Å²) in [6, 6.07) is 13.5. The van der Waals surface area contributed by atoms with Gasteiger partial charge >= 0.3 is 0 Å². The van der Waals surface area contributed by atoms with Gasteiger partial charge in [-0.05, 0) is 42.1 Å². The molecule has 0 atom stereocenters. The number of nitrogens with zero attached hydrogens (tertiary/aromatic N) is 1. The van der Waals surface area contributed by atoms with Crippen molar-refractivity contribution in [3.8, 4) is 11.3 Å². The molecule has 0 bridgehead atoms. The third-order valence-electron chi connectivity index (χ3n) is 4.63. The zero-order valence-corrected chi connectivity index (χ0v) is 16.3. The molecule has 4 rings (SSSR count). The van der Waals surface area contributed by atoms with E-state index in [9.17, 15) is 18.0 Å². The van der Waals surface area contributed by atoms with E-state index in [0.717, 1.165) is 35.5 Å². The Balaban J connectivity index is 1.63. The van der Waals surface area contributed by atoms with Gasteiger partial charge < -0.3 is 0 Å². The van der Waals surface area contributed by atoms with Crippen LogP contribution in [0, 0.1) is 0 Å². The fourth-order valence-corrected chi connectivity index (χ4v) is 4.89. The lowest BCUT2D eigenvalue weighted by Gasteiger charge is -2.16. The number of Topliss-reactive ketones (excluding diaryl/α,β-unsaturated/α-hetero) is 1. The molecule has 28 heavy (non-hydrogen) atoms. The predicted molar refractivity (Wildman–Crippen MR) is 106 cm³/mol. The fraction of sp³-hybridized carbons (Fsp3) is 0.150. The maximum Gasteiger partial charge on any atom is 0.268 e. The van der Waals surface area contributed by atoms with Gasteiger partial charge in [0.05, 0.1) is 16.2 Å². The van der Waals surface area contributed by atoms with Gasteiger partial charge in [-0.2, -0.15) is 4.37 Å². The zero-order valence-electron chi connectivity index (χ0n) is 14.7. The van der Waals surface area contributed by atoms with Crippen molar-refractivity contribution < 1.29 is 18.0 Å². The molecule has 2 aromatic carbocycles. The number of aromatic nitrogens is 1. The highest BCUT2D eigenvalue weighted by atomic mass is 32.2. The van der Waals surface area contributed by atoms with Gasteiger partial charge in [0, 0.05) is 22.9 Å². The lowest BCUT2D eigenvalue weighted by Crippen LogP contribution is -2.31. The molecule has 1 aliphatic carbocycles. The summed E-state index contributed by atoms with van der Waals surface area (Å²) in [7, 11) is -4.12. The minimum absolute atomic E-state index is 0.0713.